The number of hydrogen-bond acceptors (Lipinski definition) is 2. The Balaban J connectivity index is 0.000000604. The molecule has 1 saturated carbocycles. The van der Waals surface area contributed by atoms with Crippen LogP contribution < -0.4 is 51.4 Å². The summed E-state index contributed by atoms with van der Waals surface area (Å²) in [5.41, 5.74) is 1.47. The van der Waals surface area contributed by atoms with Gasteiger partial charge in [0.1, 0.15) is 0 Å². The minimum atomic E-state index is -0.748. The molecule has 1 aliphatic carbocycles. The van der Waals surface area contributed by atoms with Crippen LogP contribution in [0.2, 0.25) is 0 Å². The first-order valence-electron chi connectivity index (χ1n) is 14.2. The van der Waals surface area contributed by atoms with E-state index in [2.05, 4.69) is 42.2 Å². The van der Waals surface area contributed by atoms with Gasteiger partial charge in [-0.1, -0.05) is 119 Å². The third-order valence-corrected chi connectivity index (χ3v) is 8.13. The van der Waals surface area contributed by atoms with Crippen LogP contribution in [-0.4, -0.2) is 47.7 Å². The summed E-state index contributed by atoms with van der Waals surface area (Å²) >= 11 is 0. The van der Waals surface area contributed by atoms with Gasteiger partial charge in [0.05, 0.1) is 0 Å². The number of piperidine rings is 1. The molecule has 1 aliphatic heterocycles. The minimum Gasteiger partial charge on any atom is -0.647 e. The molecule has 2 aliphatic rings. The molecule has 0 bridgehead atoms. The van der Waals surface area contributed by atoms with Gasteiger partial charge in [-0.15, -0.1) is 6.04 Å². The fourth-order valence-electron chi connectivity index (χ4n) is 5.70. The maximum atomic E-state index is 11.6. The molecule has 4 atom stereocenters. The fourth-order valence-corrected chi connectivity index (χ4v) is 5.70. The maximum Gasteiger partial charge on any atom is 1.00 e. The Morgan fingerprint density at radius 3 is 2.11 bits per heavy atom. The first-order chi connectivity index (χ1) is 17.5. The van der Waals surface area contributed by atoms with Crippen LogP contribution in [0.15, 0.2) is 66.7 Å². The van der Waals surface area contributed by atoms with E-state index in [0.717, 1.165) is 25.2 Å². The Hall–Kier alpha value is -0.534. The Labute approximate surface area is 268 Å². The van der Waals surface area contributed by atoms with E-state index < -0.39 is 12.0 Å². The Kier molecular flexibility index (Phi) is 16.5. The van der Waals surface area contributed by atoms with E-state index in [9.17, 15) is 9.90 Å². The molecule has 1 N–H and O–H groups in total. The summed E-state index contributed by atoms with van der Waals surface area (Å²) in [6, 6.07) is 22.6. The van der Waals surface area contributed by atoms with Gasteiger partial charge in [0.25, 0.3) is 5.97 Å². The molecule has 37 heavy (non-hydrogen) atoms. The van der Waals surface area contributed by atoms with Crippen LogP contribution in [0.25, 0.3) is 5.32 Å². The number of carboxylic acid groups (broad SMARTS) is 1. The van der Waals surface area contributed by atoms with E-state index >= 15 is 0 Å². The third kappa shape index (κ3) is 12.5. The largest absolute Gasteiger partial charge is 1.00 e. The molecule has 0 spiro atoms. The summed E-state index contributed by atoms with van der Waals surface area (Å²) in [6.07, 6.45) is 10.8. The van der Waals surface area contributed by atoms with Gasteiger partial charge in [-0.3, -0.25) is 4.79 Å². The number of aryl methyl sites for hydroxylation is 1. The molecular formula is C32H47KN2O2. The van der Waals surface area contributed by atoms with Crippen molar-refractivity contribution in [2.75, 3.05) is 19.6 Å². The second-order valence-corrected chi connectivity index (χ2v) is 10.9. The summed E-state index contributed by atoms with van der Waals surface area (Å²) < 4.78 is 0. The number of carboxylic acids is 1. The van der Waals surface area contributed by atoms with Crippen molar-refractivity contribution in [2.24, 2.45) is 17.8 Å². The monoisotopic (exact) mass is 530 g/mol. The molecule has 0 radical (unpaired) electrons. The van der Waals surface area contributed by atoms with Crippen LogP contribution >= 0.6 is 0 Å². The quantitative estimate of drug-likeness (QED) is 0.437. The molecule has 2 aromatic carbocycles. The van der Waals surface area contributed by atoms with Gasteiger partial charge in [0.15, 0.2) is 0 Å². The van der Waals surface area contributed by atoms with Crippen LogP contribution in [0.1, 0.15) is 70.8 Å². The van der Waals surface area contributed by atoms with E-state index in [-0.39, 0.29) is 63.3 Å². The second-order valence-electron chi connectivity index (χ2n) is 10.9. The Morgan fingerprint density at radius 1 is 0.946 bits per heavy atom. The zero-order valence-corrected chi connectivity index (χ0v) is 26.6. The van der Waals surface area contributed by atoms with Crippen LogP contribution in [-0.2, 0) is 11.2 Å². The third-order valence-electron chi connectivity index (χ3n) is 8.13. The predicted octanol–water partition coefficient (Wildman–Crippen LogP) is 4.45. The number of rotatable bonds is 11. The number of carbonyl (C=O) groups is 1. The van der Waals surface area contributed by atoms with Gasteiger partial charge < -0.3 is 15.3 Å². The first-order valence-corrected chi connectivity index (χ1v) is 14.2. The molecule has 0 aromatic heterocycles. The topological polar surface area (TPSA) is 54.6 Å². The molecule has 198 valence electrons. The SMILES string of the molecule is CCC(C)C([N-]C1CC[C@@H](CN2CCC(CCCc3ccccc3)CC2)C1)C(=O)O.[K+].c1ccccc1. The number of benzene rings is 2. The number of hydrogen-bond donors (Lipinski definition) is 1. The number of aliphatic carboxylic acids is 1. The predicted molar refractivity (Wildman–Crippen MR) is 150 cm³/mol. The van der Waals surface area contributed by atoms with Gasteiger partial charge in [-0.25, -0.2) is 0 Å². The number of nitrogens with zero attached hydrogens (tertiary/aromatic N) is 2. The van der Waals surface area contributed by atoms with Crippen molar-refractivity contribution in [3.05, 3.63) is 77.6 Å². The summed E-state index contributed by atoms with van der Waals surface area (Å²) in [5.74, 6) is 0.965. The van der Waals surface area contributed by atoms with Gasteiger partial charge in [-0.05, 0) is 62.2 Å². The molecule has 1 saturated heterocycles. The average Bonchev–Trinajstić information content (AvgIpc) is 3.36. The molecule has 5 heteroatoms. The van der Waals surface area contributed by atoms with Gasteiger partial charge in [0.2, 0.25) is 0 Å². The maximum absolute atomic E-state index is 11.6. The molecule has 4 rings (SSSR count). The van der Waals surface area contributed by atoms with Gasteiger partial charge in [-0.2, -0.15) is 0 Å². The average molecular weight is 531 g/mol. The fraction of sp³-hybridized carbons (Fsp3) is 0.594. The zero-order valence-electron chi connectivity index (χ0n) is 23.5. The summed E-state index contributed by atoms with van der Waals surface area (Å²) in [4.78, 5) is 14.2. The van der Waals surface area contributed by atoms with Crippen molar-refractivity contribution < 1.29 is 61.3 Å². The van der Waals surface area contributed by atoms with Crippen LogP contribution in [0.5, 0.6) is 0 Å². The zero-order chi connectivity index (χ0) is 25.6. The van der Waals surface area contributed by atoms with Crippen LogP contribution in [0.4, 0.5) is 0 Å². The van der Waals surface area contributed by atoms with Gasteiger partial charge >= 0.3 is 51.4 Å². The standard InChI is InChI=1S/C26H41N2O2.C6H6.K/c1-3-20(2)25(26(29)30)27-24-13-12-23(18-24)19-28-16-14-22(15-17-28)11-7-10-21-8-5-4-6-9-21;1-2-4-6-5-3-1;/h4-6,8-9,20,22-25H,3,7,10-19H2,1-2H3,(H,29,30);1-6H;/q-1;;+1/t20?,23-,24?,25?;;/m1../s1. The van der Waals surface area contributed by atoms with E-state index in [0.29, 0.717) is 5.92 Å². The minimum absolute atomic E-state index is 0. The van der Waals surface area contributed by atoms with Gasteiger partial charge in [0, 0.05) is 6.54 Å². The van der Waals surface area contributed by atoms with Crippen molar-refractivity contribution in [1.82, 2.24) is 4.90 Å². The van der Waals surface area contributed by atoms with Crippen molar-refractivity contribution in [1.29, 1.82) is 0 Å². The van der Waals surface area contributed by atoms with Crippen molar-refractivity contribution in [2.45, 2.75) is 83.7 Å². The van der Waals surface area contributed by atoms with Crippen molar-refractivity contribution >= 4 is 5.97 Å². The van der Waals surface area contributed by atoms with Crippen LogP contribution in [0.3, 0.4) is 0 Å². The first kappa shape index (κ1) is 32.7. The van der Waals surface area contributed by atoms with Crippen LogP contribution in [0, 0.1) is 17.8 Å². The smallest absolute Gasteiger partial charge is 0.647 e. The second kappa shape index (κ2) is 18.7. The van der Waals surface area contributed by atoms with E-state index in [1.165, 1.54) is 63.7 Å². The van der Waals surface area contributed by atoms with Crippen molar-refractivity contribution in [3.8, 4) is 0 Å². The molecule has 0 amide bonds. The molecule has 4 nitrogen and oxygen atoms in total. The number of likely N-dealkylation sites (tertiary alicyclic amines) is 1. The molecule has 3 unspecified atom stereocenters. The summed E-state index contributed by atoms with van der Waals surface area (Å²) in [7, 11) is 0. The molecule has 1 heterocycles. The van der Waals surface area contributed by atoms with E-state index in [1.54, 1.807) is 0 Å². The Morgan fingerprint density at radius 2 is 1.54 bits per heavy atom. The normalized spacial score (nSPS) is 21.8. The molecule has 2 fully saturated rings. The van der Waals surface area contributed by atoms with E-state index in [1.807, 2.05) is 43.3 Å². The summed E-state index contributed by atoms with van der Waals surface area (Å²) in [6.45, 7) is 7.72. The summed E-state index contributed by atoms with van der Waals surface area (Å²) in [5, 5.41) is 14.3. The van der Waals surface area contributed by atoms with E-state index in [4.69, 9.17) is 5.32 Å². The Bertz CT molecular complexity index is 816. The molecule has 2 aromatic rings. The molecular weight excluding hydrogens is 483 g/mol. The van der Waals surface area contributed by atoms with Crippen molar-refractivity contribution in [3.63, 3.8) is 0 Å².